The van der Waals surface area contributed by atoms with Crippen LogP contribution in [-0.4, -0.2) is 65.2 Å². The van der Waals surface area contributed by atoms with E-state index in [0.717, 1.165) is 44.2 Å². The highest BCUT2D eigenvalue weighted by atomic mass is 32.2. The van der Waals surface area contributed by atoms with Gasteiger partial charge in [0.15, 0.2) is 5.16 Å². The topological polar surface area (TPSA) is 80.2 Å². The van der Waals surface area contributed by atoms with Crippen molar-refractivity contribution < 1.29 is 9.53 Å². The molecule has 0 unspecified atom stereocenters. The molecule has 0 atom stereocenters. The first-order valence-electron chi connectivity index (χ1n) is 8.30. The van der Waals surface area contributed by atoms with Gasteiger partial charge in [0.25, 0.3) is 5.91 Å². The highest BCUT2D eigenvalue weighted by Gasteiger charge is 2.11. The van der Waals surface area contributed by atoms with Crippen LogP contribution < -0.4 is 5.32 Å². The SMILES string of the molecule is O=C(NCCCN1CCOCC1)c1cc(Sc2ncccn2)ccn1. The summed E-state index contributed by atoms with van der Waals surface area (Å²) < 4.78 is 5.33. The fourth-order valence-electron chi connectivity index (χ4n) is 2.46. The van der Waals surface area contributed by atoms with E-state index in [1.807, 2.05) is 6.07 Å². The molecule has 3 heterocycles. The van der Waals surface area contributed by atoms with Gasteiger partial charge >= 0.3 is 0 Å². The predicted molar refractivity (Wildman–Crippen MR) is 94.6 cm³/mol. The van der Waals surface area contributed by atoms with Crippen molar-refractivity contribution in [3.8, 4) is 0 Å². The number of hydrogen-bond donors (Lipinski definition) is 1. The quantitative estimate of drug-likeness (QED) is 0.592. The van der Waals surface area contributed by atoms with Crippen molar-refractivity contribution in [3.63, 3.8) is 0 Å². The van der Waals surface area contributed by atoms with E-state index in [1.54, 1.807) is 30.7 Å². The lowest BCUT2D eigenvalue weighted by molar-refractivity contribution is 0.0374. The maximum Gasteiger partial charge on any atom is 0.269 e. The number of nitrogens with zero attached hydrogens (tertiary/aromatic N) is 4. The molecule has 2 aromatic heterocycles. The van der Waals surface area contributed by atoms with Gasteiger partial charge in [0.1, 0.15) is 5.69 Å². The van der Waals surface area contributed by atoms with Gasteiger partial charge in [-0.05, 0) is 42.9 Å². The van der Waals surface area contributed by atoms with Crippen LogP contribution in [0.2, 0.25) is 0 Å². The fourth-order valence-corrected chi connectivity index (χ4v) is 3.20. The van der Waals surface area contributed by atoms with Crippen molar-refractivity contribution in [1.29, 1.82) is 0 Å². The molecule has 0 bridgehead atoms. The monoisotopic (exact) mass is 359 g/mol. The van der Waals surface area contributed by atoms with Crippen molar-refractivity contribution in [2.45, 2.75) is 16.5 Å². The molecule has 0 aliphatic carbocycles. The van der Waals surface area contributed by atoms with Crippen LogP contribution in [0.25, 0.3) is 0 Å². The second kappa shape index (κ2) is 9.45. The molecule has 1 saturated heterocycles. The largest absolute Gasteiger partial charge is 0.379 e. The highest BCUT2D eigenvalue weighted by molar-refractivity contribution is 7.99. The molecule has 1 N–H and O–H groups in total. The van der Waals surface area contributed by atoms with E-state index in [4.69, 9.17) is 4.74 Å². The fraction of sp³-hybridized carbons (Fsp3) is 0.412. The first-order chi connectivity index (χ1) is 12.3. The van der Waals surface area contributed by atoms with Crippen molar-refractivity contribution in [2.75, 3.05) is 39.4 Å². The summed E-state index contributed by atoms with van der Waals surface area (Å²) in [5.41, 5.74) is 0.410. The predicted octanol–water partition coefficient (Wildman–Crippen LogP) is 1.47. The zero-order valence-electron chi connectivity index (χ0n) is 13.9. The average Bonchev–Trinajstić information content (AvgIpc) is 2.67. The molecule has 0 aromatic carbocycles. The van der Waals surface area contributed by atoms with Gasteiger partial charge in [-0.25, -0.2) is 9.97 Å². The Balaban J connectivity index is 1.46. The lowest BCUT2D eigenvalue weighted by atomic mass is 10.3. The molecule has 3 rings (SSSR count). The van der Waals surface area contributed by atoms with Gasteiger partial charge in [0.2, 0.25) is 0 Å². The summed E-state index contributed by atoms with van der Waals surface area (Å²) in [5, 5.41) is 3.57. The second-order valence-corrected chi connectivity index (χ2v) is 6.61. The van der Waals surface area contributed by atoms with Crippen molar-refractivity contribution >= 4 is 17.7 Å². The minimum Gasteiger partial charge on any atom is -0.379 e. The van der Waals surface area contributed by atoms with Gasteiger partial charge in [-0.1, -0.05) is 0 Å². The third kappa shape index (κ3) is 5.77. The molecule has 25 heavy (non-hydrogen) atoms. The Kier molecular flexibility index (Phi) is 6.72. The minimum atomic E-state index is -0.154. The van der Waals surface area contributed by atoms with Crippen molar-refractivity contribution in [2.24, 2.45) is 0 Å². The number of nitrogens with one attached hydrogen (secondary N) is 1. The Bertz CT molecular complexity index is 680. The first kappa shape index (κ1) is 17.8. The smallest absolute Gasteiger partial charge is 0.269 e. The number of aromatic nitrogens is 3. The van der Waals surface area contributed by atoms with Gasteiger partial charge in [0, 0.05) is 43.1 Å². The van der Waals surface area contributed by atoms with Gasteiger partial charge in [-0.2, -0.15) is 0 Å². The van der Waals surface area contributed by atoms with Crippen LogP contribution in [0, 0.1) is 0 Å². The second-order valence-electron chi connectivity index (χ2n) is 5.57. The Hall–Kier alpha value is -2.03. The van der Waals surface area contributed by atoms with Crippen LogP contribution >= 0.6 is 11.8 Å². The average molecular weight is 359 g/mol. The Morgan fingerprint density at radius 1 is 1.20 bits per heavy atom. The van der Waals surface area contributed by atoms with Crippen molar-refractivity contribution in [1.82, 2.24) is 25.2 Å². The van der Waals surface area contributed by atoms with E-state index in [1.165, 1.54) is 11.8 Å². The number of hydrogen-bond acceptors (Lipinski definition) is 7. The number of ether oxygens (including phenoxy) is 1. The highest BCUT2D eigenvalue weighted by Crippen LogP contribution is 2.23. The molecular formula is C17H21N5O2S. The lowest BCUT2D eigenvalue weighted by Crippen LogP contribution is -2.38. The van der Waals surface area contributed by atoms with Crippen LogP contribution in [0.3, 0.4) is 0 Å². The summed E-state index contributed by atoms with van der Waals surface area (Å²) in [6.07, 6.45) is 5.93. The maximum atomic E-state index is 12.3. The van der Waals surface area contributed by atoms with Crippen LogP contribution in [0.4, 0.5) is 0 Å². The normalized spacial score (nSPS) is 15.0. The van der Waals surface area contributed by atoms with E-state index in [2.05, 4.69) is 25.2 Å². The molecule has 1 aliphatic heterocycles. The zero-order chi connectivity index (χ0) is 17.3. The van der Waals surface area contributed by atoms with E-state index >= 15 is 0 Å². The zero-order valence-corrected chi connectivity index (χ0v) is 14.7. The van der Waals surface area contributed by atoms with Gasteiger partial charge in [-0.15, -0.1) is 0 Å². The molecule has 2 aromatic rings. The number of pyridine rings is 1. The van der Waals surface area contributed by atoms with E-state index in [0.29, 0.717) is 17.4 Å². The summed E-state index contributed by atoms with van der Waals surface area (Å²) in [4.78, 5) is 28.0. The van der Waals surface area contributed by atoms with Gasteiger partial charge in [-0.3, -0.25) is 14.7 Å². The number of amides is 1. The number of carbonyl (C=O) groups is 1. The molecule has 1 amide bonds. The van der Waals surface area contributed by atoms with E-state index in [9.17, 15) is 4.79 Å². The lowest BCUT2D eigenvalue weighted by Gasteiger charge is -2.26. The van der Waals surface area contributed by atoms with E-state index in [-0.39, 0.29) is 5.91 Å². The summed E-state index contributed by atoms with van der Waals surface area (Å²) in [5.74, 6) is -0.154. The number of rotatable bonds is 7. The Labute approximate surface area is 151 Å². The number of carbonyl (C=O) groups excluding carboxylic acids is 1. The first-order valence-corrected chi connectivity index (χ1v) is 9.12. The maximum absolute atomic E-state index is 12.3. The van der Waals surface area contributed by atoms with Crippen LogP contribution in [0.5, 0.6) is 0 Å². The van der Waals surface area contributed by atoms with Gasteiger partial charge in [0.05, 0.1) is 13.2 Å². The third-order valence-electron chi connectivity index (χ3n) is 3.76. The van der Waals surface area contributed by atoms with Crippen LogP contribution in [0.1, 0.15) is 16.9 Å². The number of morpholine rings is 1. The Morgan fingerprint density at radius 3 is 2.80 bits per heavy atom. The summed E-state index contributed by atoms with van der Waals surface area (Å²) in [6, 6.07) is 5.38. The molecule has 132 valence electrons. The summed E-state index contributed by atoms with van der Waals surface area (Å²) >= 11 is 1.41. The molecule has 1 aliphatic rings. The Morgan fingerprint density at radius 2 is 2.00 bits per heavy atom. The van der Waals surface area contributed by atoms with Crippen LogP contribution in [0.15, 0.2) is 46.8 Å². The van der Waals surface area contributed by atoms with Crippen molar-refractivity contribution in [3.05, 3.63) is 42.5 Å². The molecular weight excluding hydrogens is 338 g/mol. The molecule has 7 nitrogen and oxygen atoms in total. The summed E-state index contributed by atoms with van der Waals surface area (Å²) in [6.45, 7) is 5.14. The molecule has 0 saturated carbocycles. The molecule has 0 spiro atoms. The molecule has 1 fully saturated rings. The standard InChI is InChI=1S/C17H21N5O2S/c23-16(19-6-2-8-22-9-11-24-12-10-22)15-13-14(3-7-18-15)25-17-20-4-1-5-21-17/h1,3-5,7,13H,2,6,8-12H2,(H,19,23). The third-order valence-corrected chi connectivity index (χ3v) is 4.64. The van der Waals surface area contributed by atoms with E-state index < -0.39 is 0 Å². The van der Waals surface area contributed by atoms with Gasteiger partial charge < -0.3 is 10.1 Å². The molecule has 0 radical (unpaired) electrons. The van der Waals surface area contributed by atoms with Crippen LogP contribution in [-0.2, 0) is 4.74 Å². The summed E-state index contributed by atoms with van der Waals surface area (Å²) in [7, 11) is 0. The minimum absolute atomic E-state index is 0.154. The molecule has 8 heteroatoms.